The van der Waals surface area contributed by atoms with Crippen LogP contribution in [0.25, 0.3) is 28.1 Å². The number of hydrogen-bond donors (Lipinski definition) is 0. The van der Waals surface area contributed by atoms with Crippen LogP contribution in [0, 0.1) is 23.3 Å². The molecule has 0 aliphatic carbocycles. The number of nitrogens with zero attached hydrogens (tertiary/aromatic N) is 1. The molecule has 0 radical (unpaired) electrons. The molecule has 0 amide bonds. The summed E-state index contributed by atoms with van der Waals surface area (Å²) in [4.78, 5) is 3.30. The van der Waals surface area contributed by atoms with Gasteiger partial charge in [-0.05, 0) is 53.4 Å². The zero-order valence-corrected chi connectivity index (χ0v) is 18.7. The van der Waals surface area contributed by atoms with Crippen LogP contribution in [0.3, 0.4) is 0 Å². The molecule has 0 spiro atoms. The molecular weight excluding hydrogens is 480 g/mol. The molecule has 33 heavy (non-hydrogen) atoms. The minimum atomic E-state index is -1.16. The van der Waals surface area contributed by atoms with Crippen LogP contribution < -0.4 is 0 Å². The fourth-order valence-corrected chi connectivity index (χ4v) is 3.69. The van der Waals surface area contributed by atoms with Crippen LogP contribution in [-0.2, 0) is 0 Å². The van der Waals surface area contributed by atoms with E-state index in [2.05, 4.69) is 17.2 Å². The summed E-state index contributed by atoms with van der Waals surface area (Å²) in [6.07, 6.45) is 0. The number of isothiocyanates is 1. The van der Waals surface area contributed by atoms with E-state index in [4.69, 9.17) is 0 Å². The first-order chi connectivity index (χ1) is 15.8. The van der Waals surface area contributed by atoms with Crippen molar-refractivity contribution in [2.75, 3.05) is 11.5 Å². The first-order valence-electron chi connectivity index (χ1n) is 9.55. The molecule has 3 aromatic carbocycles. The molecule has 0 bridgehead atoms. The number of thioether (sulfide) groups is 1. The van der Waals surface area contributed by atoms with Crippen LogP contribution >= 0.6 is 24.0 Å². The van der Waals surface area contributed by atoms with Gasteiger partial charge < -0.3 is 0 Å². The second-order valence-electron chi connectivity index (χ2n) is 6.74. The Balaban J connectivity index is 1.96. The highest BCUT2D eigenvalue weighted by atomic mass is 32.2. The maximum Gasteiger partial charge on any atom is 0.162 e. The van der Waals surface area contributed by atoms with E-state index >= 15 is 0 Å². The summed E-state index contributed by atoms with van der Waals surface area (Å²) in [5.41, 5.74) is -1.08. The third-order valence-corrected chi connectivity index (χ3v) is 5.62. The lowest BCUT2D eigenvalue weighted by Gasteiger charge is -2.10. The Morgan fingerprint density at radius 1 is 0.848 bits per heavy atom. The number of rotatable bonds is 7. The van der Waals surface area contributed by atoms with Crippen molar-refractivity contribution in [3.8, 4) is 22.3 Å². The molecule has 0 saturated heterocycles. The average Bonchev–Trinajstić information content (AvgIpc) is 2.79. The highest BCUT2D eigenvalue weighted by molar-refractivity contribution is 7.99. The van der Waals surface area contributed by atoms with Gasteiger partial charge in [0.25, 0.3) is 0 Å². The average molecular weight is 496 g/mol. The van der Waals surface area contributed by atoms with Gasteiger partial charge in [0.1, 0.15) is 23.1 Å². The Morgan fingerprint density at radius 3 is 2.00 bits per heavy atom. The largest absolute Gasteiger partial charge is 0.208 e. The third kappa shape index (κ3) is 5.55. The summed E-state index contributed by atoms with van der Waals surface area (Å²) in [6.45, 7) is 1.80. The minimum Gasteiger partial charge on any atom is -0.208 e. The second kappa shape index (κ2) is 10.8. The molecule has 3 rings (SSSR count). The van der Waals surface area contributed by atoms with Gasteiger partial charge in [-0.3, -0.25) is 0 Å². The van der Waals surface area contributed by atoms with Gasteiger partial charge in [-0.15, -0.1) is 0 Å². The lowest BCUT2D eigenvalue weighted by Crippen LogP contribution is -1.93. The van der Waals surface area contributed by atoms with E-state index < -0.39 is 40.6 Å². The van der Waals surface area contributed by atoms with Gasteiger partial charge in [0.15, 0.2) is 17.5 Å². The summed E-state index contributed by atoms with van der Waals surface area (Å²) >= 11 is 5.52. The first-order valence-corrected chi connectivity index (χ1v) is 11.1. The molecule has 0 heterocycles. The van der Waals surface area contributed by atoms with E-state index in [9.17, 15) is 26.3 Å². The molecule has 0 unspecified atom stereocenters. The molecule has 0 aliphatic rings. The Kier molecular flexibility index (Phi) is 8.13. The van der Waals surface area contributed by atoms with E-state index in [0.29, 0.717) is 5.75 Å². The highest BCUT2D eigenvalue weighted by Gasteiger charge is 2.17. The number of aliphatic imine (C=N–C) groups is 1. The summed E-state index contributed by atoms with van der Waals surface area (Å²) in [5, 5.41) is 1.86. The lowest BCUT2D eigenvalue weighted by atomic mass is 9.98. The normalized spacial score (nSPS) is 11.7. The standard InChI is InChI=1S/C24H15F6NS2/c1-2-33-11-22(29)23(30)14-4-6-16(19(26)8-14)13-3-5-17(18(25)7-13)15-9-20(27)24(31-12-32)21(28)10-15/h3-10H,2,11H2,1H3. The summed E-state index contributed by atoms with van der Waals surface area (Å²) in [6, 6.07) is 8.57. The second-order valence-corrected chi connectivity index (χ2v) is 8.19. The van der Waals surface area contributed by atoms with Crippen molar-refractivity contribution in [2.24, 2.45) is 4.99 Å². The van der Waals surface area contributed by atoms with E-state index in [-0.39, 0.29) is 33.6 Å². The molecular formula is C24H15F6NS2. The molecule has 3 aromatic rings. The number of benzene rings is 3. The highest BCUT2D eigenvalue weighted by Crippen LogP contribution is 2.34. The van der Waals surface area contributed by atoms with Gasteiger partial charge in [-0.1, -0.05) is 31.2 Å². The van der Waals surface area contributed by atoms with Crippen molar-refractivity contribution < 1.29 is 26.3 Å². The summed E-state index contributed by atoms with van der Waals surface area (Å²) in [7, 11) is 0. The van der Waals surface area contributed by atoms with E-state index in [1.54, 1.807) is 6.92 Å². The zero-order chi connectivity index (χ0) is 24.1. The van der Waals surface area contributed by atoms with Gasteiger partial charge in [-0.25, -0.2) is 26.3 Å². The van der Waals surface area contributed by atoms with Crippen LogP contribution in [0.1, 0.15) is 12.5 Å². The number of halogens is 6. The summed E-state index contributed by atoms with van der Waals surface area (Å²) < 4.78 is 85.6. The molecule has 0 aliphatic heterocycles. The Hall–Kier alpha value is -2.87. The van der Waals surface area contributed by atoms with Gasteiger partial charge in [0.2, 0.25) is 0 Å². The van der Waals surface area contributed by atoms with Crippen molar-refractivity contribution in [3.05, 3.63) is 83.2 Å². The fraction of sp³-hybridized carbons (Fsp3) is 0.125. The van der Waals surface area contributed by atoms with Gasteiger partial charge >= 0.3 is 0 Å². The SMILES string of the molecule is CCSCC(F)=C(F)c1ccc(-c2ccc(-c3cc(F)c(N=C=S)c(F)c3)c(F)c2)c(F)c1. The number of thiocarbonyl (C=S) groups is 1. The Morgan fingerprint density at radius 2 is 1.42 bits per heavy atom. The molecule has 1 nitrogen and oxygen atoms in total. The molecule has 0 aromatic heterocycles. The molecule has 9 heteroatoms. The quantitative estimate of drug-likeness (QED) is 0.185. The minimum absolute atomic E-state index is 0.0524. The van der Waals surface area contributed by atoms with Crippen molar-refractivity contribution in [1.82, 2.24) is 0 Å². The lowest BCUT2D eigenvalue weighted by molar-refractivity contribution is 0.588. The van der Waals surface area contributed by atoms with E-state index in [1.165, 1.54) is 36.0 Å². The number of hydrogen-bond acceptors (Lipinski definition) is 3. The maximum absolute atomic E-state index is 14.8. The maximum atomic E-state index is 14.8. The predicted molar refractivity (Wildman–Crippen MR) is 124 cm³/mol. The van der Waals surface area contributed by atoms with E-state index in [1.807, 2.05) is 5.16 Å². The van der Waals surface area contributed by atoms with Crippen LogP contribution in [0.2, 0.25) is 0 Å². The Bertz CT molecular complexity index is 1260. The molecule has 0 fully saturated rings. The molecule has 0 atom stereocenters. The first kappa shape index (κ1) is 24.8. The fourth-order valence-electron chi connectivity index (χ4n) is 3.09. The van der Waals surface area contributed by atoms with Crippen LogP contribution in [0.4, 0.5) is 32.0 Å². The van der Waals surface area contributed by atoms with Crippen LogP contribution in [-0.4, -0.2) is 16.7 Å². The van der Waals surface area contributed by atoms with Crippen molar-refractivity contribution in [1.29, 1.82) is 0 Å². The molecule has 0 N–H and O–H groups in total. The summed E-state index contributed by atoms with van der Waals surface area (Å²) in [5.74, 6) is -5.57. The third-order valence-electron chi connectivity index (χ3n) is 4.66. The zero-order valence-electron chi connectivity index (χ0n) is 17.1. The van der Waals surface area contributed by atoms with Crippen molar-refractivity contribution in [2.45, 2.75) is 6.92 Å². The monoisotopic (exact) mass is 495 g/mol. The van der Waals surface area contributed by atoms with Crippen LogP contribution in [0.5, 0.6) is 0 Å². The van der Waals surface area contributed by atoms with Crippen LogP contribution in [0.15, 0.2) is 59.4 Å². The van der Waals surface area contributed by atoms with E-state index in [0.717, 1.165) is 24.3 Å². The Labute approximate surface area is 195 Å². The van der Waals surface area contributed by atoms with Gasteiger partial charge in [0.05, 0.1) is 5.16 Å². The topological polar surface area (TPSA) is 12.4 Å². The van der Waals surface area contributed by atoms with Crippen molar-refractivity contribution >= 4 is 40.7 Å². The van der Waals surface area contributed by atoms with Gasteiger partial charge in [-0.2, -0.15) is 16.8 Å². The predicted octanol–water partition coefficient (Wildman–Crippen LogP) is 8.67. The molecule has 0 saturated carbocycles. The van der Waals surface area contributed by atoms with Gasteiger partial charge in [0, 0.05) is 22.4 Å². The van der Waals surface area contributed by atoms with Crippen molar-refractivity contribution in [3.63, 3.8) is 0 Å². The smallest absolute Gasteiger partial charge is 0.162 e. The molecule has 170 valence electrons.